The van der Waals surface area contributed by atoms with Crippen molar-refractivity contribution in [1.29, 1.82) is 0 Å². The van der Waals surface area contributed by atoms with Gasteiger partial charge in [-0.05, 0) is 30.4 Å². The second-order valence-electron chi connectivity index (χ2n) is 9.31. The molecule has 0 aromatic carbocycles. The van der Waals surface area contributed by atoms with Gasteiger partial charge in [0.25, 0.3) is 11.8 Å². The van der Waals surface area contributed by atoms with Crippen molar-refractivity contribution in [2.45, 2.75) is 31.3 Å². The van der Waals surface area contributed by atoms with Gasteiger partial charge in [-0.15, -0.1) is 0 Å². The monoisotopic (exact) mass is 451 g/mol. The number of piperidine rings is 1. The zero-order chi connectivity index (χ0) is 22.6. The highest BCUT2D eigenvalue weighted by molar-refractivity contribution is 5.94. The zero-order valence-corrected chi connectivity index (χ0v) is 18.1. The molecule has 1 aliphatic carbocycles. The molecular weight excluding hydrogens is 426 g/mol. The first kappa shape index (κ1) is 20.2. The SMILES string of the molecule is Nc1cnc2c(c1)CC(CN1CCC3(CC1)CN(c1cnc4c(n1)NC(=O)CO4)C(=O)O3)C2. The maximum absolute atomic E-state index is 12.7. The lowest BCUT2D eigenvalue weighted by molar-refractivity contribution is -0.118. The lowest BCUT2D eigenvalue weighted by Crippen LogP contribution is -2.48. The Kier molecular flexibility index (Phi) is 4.61. The molecule has 4 aliphatic rings. The van der Waals surface area contributed by atoms with E-state index in [4.69, 9.17) is 15.2 Å². The molecule has 11 heteroatoms. The van der Waals surface area contributed by atoms with E-state index in [0.717, 1.165) is 56.7 Å². The average Bonchev–Trinajstić information content (AvgIpc) is 3.34. The first-order chi connectivity index (χ1) is 16.0. The molecule has 1 atom stereocenters. The lowest BCUT2D eigenvalue weighted by Gasteiger charge is -2.38. The Morgan fingerprint density at radius 1 is 1.18 bits per heavy atom. The second kappa shape index (κ2) is 7.55. The molecule has 172 valence electrons. The third-order valence-corrected chi connectivity index (χ3v) is 6.93. The topological polar surface area (TPSA) is 136 Å². The summed E-state index contributed by atoms with van der Waals surface area (Å²) in [7, 11) is 0. The molecule has 1 spiro atoms. The van der Waals surface area contributed by atoms with Crippen LogP contribution in [0.5, 0.6) is 5.88 Å². The van der Waals surface area contributed by atoms with Crippen molar-refractivity contribution in [2.75, 3.05) is 48.7 Å². The van der Waals surface area contributed by atoms with Gasteiger partial charge >= 0.3 is 6.09 Å². The minimum Gasteiger partial charge on any atom is -0.465 e. The largest absolute Gasteiger partial charge is 0.465 e. The summed E-state index contributed by atoms with van der Waals surface area (Å²) in [6.45, 7) is 3.05. The van der Waals surface area contributed by atoms with E-state index in [-0.39, 0.29) is 24.2 Å². The van der Waals surface area contributed by atoms with Gasteiger partial charge in [0.15, 0.2) is 18.2 Å². The molecule has 2 amide bonds. The predicted molar refractivity (Wildman–Crippen MR) is 118 cm³/mol. The van der Waals surface area contributed by atoms with Crippen LogP contribution in [-0.4, -0.2) is 70.2 Å². The van der Waals surface area contributed by atoms with Gasteiger partial charge in [0.1, 0.15) is 5.60 Å². The molecule has 2 aromatic rings. The van der Waals surface area contributed by atoms with E-state index in [1.807, 2.05) is 6.07 Å². The molecule has 5 heterocycles. The number of nitrogen functional groups attached to an aromatic ring is 1. The fourth-order valence-corrected chi connectivity index (χ4v) is 5.26. The maximum atomic E-state index is 12.7. The van der Waals surface area contributed by atoms with E-state index in [1.165, 1.54) is 16.7 Å². The van der Waals surface area contributed by atoms with E-state index < -0.39 is 11.7 Å². The number of carbonyl (C=O) groups is 2. The summed E-state index contributed by atoms with van der Waals surface area (Å²) in [4.78, 5) is 41.2. The quantitative estimate of drug-likeness (QED) is 0.700. The molecule has 6 rings (SSSR count). The van der Waals surface area contributed by atoms with Crippen LogP contribution in [0.3, 0.4) is 0 Å². The Hall–Kier alpha value is -3.47. The minimum atomic E-state index is -0.528. The summed E-state index contributed by atoms with van der Waals surface area (Å²) in [5, 5.41) is 2.63. The fourth-order valence-electron chi connectivity index (χ4n) is 5.26. The highest BCUT2D eigenvalue weighted by atomic mass is 16.6. The summed E-state index contributed by atoms with van der Waals surface area (Å²) in [5.41, 5.74) is 8.50. The number of anilines is 3. The van der Waals surface area contributed by atoms with E-state index in [0.29, 0.717) is 18.3 Å². The molecule has 1 unspecified atom stereocenters. The van der Waals surface area contributed by atoms with Crippen LogP contribution in [0.15, 0.2) is 18.5 Å². The van der Waals surface area contributed by atoms with Gasteiger partial charge in [0.2, 0.25) is 0 Å². The maximum Gasteiger partial charge on any atom is 0.416 e. The highest BCUT2D eigenvalue weighted by Gasteiger charge is 2.48. The average molecular weight is 451 g/mol. The molecule has 2 fully saturated rings. The summed E-state index contributed by atoms with van der Waals surface area (Å²) in [5.74, 6) is 1.06. The number of nitrogens with two attached hydrogens (primary N) is 1. The van der Waals surface area contributed by atoms with Crippen LogP contribution < -0.4 is 20.7 Å². The van der Waals surface area contributed by atoms with Crippen molar-refractivity contribution in [2.24, 2.45) is 5.92 Å². The Labute approximate surface area is 190 Å². The molecule has 0 radical (unpaired) electrons. The minimum absolute atomic E-state index is 0.0933. The van der Waals surface area contributed by atoms with Gasteiger partial charge in [-0.2, -0.15) is 0 Å². The fraction of sp³-hybridized carbons (Fsp3) is 0.500. The van der Waals surface area contributed by atoms with Crippen LogP contribution in [0.2, 0.25) is 0 Å². The number of hydrogen-bond acceptors (Lipinski definition) is 9. The Morgan fingerprint density at radius 3 is 2.88 bits per heavy atom. The van der Waals surface area contributed by atoms with E-state index in [1.54, 1.807) is 6.20 Å². The number of nitrogens with one attached hydrogen (secondary N) is 1. The normalized spacial score (nSPS) is 23.6. The highest BCUT2D eigenvalue weighted by Crippen LogP contribution is 2.37. The first-order valence-electron chi connectivity index (χ1n) is 11.2. The van der Waals surface area contributed by atoms with Gasteiger partial charge in [-0.1, -0.05) is 0 Å². The van der Waals surface area contributed by atoms with Gasteiger partial charge in [0, 0.05) is 38.2 Å². The van der Waals surface area contributed by atoms with E-state index in [9.17, 15) is 9.59 Å². The van der Waals surface area contributed by atoms with Gasteiger partial charge in [-0.25, -0.2) is 14.8 Å². The van der Waals surface area contributed by atoms with Crippen LogP contribution in [0.1, 0.15) is 24.1 Å². The smallest absolute Gasteiger partial charge is 0.416 e. The number of carbonyl (C=O) groups excluding carboxylic acids is 2. The van der Waals surface area contributed by atoms with Crippen LogP contribution in [0.4, 0.5) is 22.1 Å². The summed E-state index contributed by atoms with van der Waals surface area (Å²) in [6, 6.07) is 2.04. The number of ether oxygens (including phenoxy) is 2. The summed E-state index contributed by atoms with van der Waals surface area (Å²) in [6.07, 6.45) is 6.29. The van der Waals surface area contributed by atoms with Crippen molar-refractivity contribution in [3.63, 3.8) is 0 Å². The number of fused-ring (bicyclic) bond motifs is 2. The van der Waals surface area contributed by atoms with Gasteiger partial charge in [-0.3, -0.25) is 14.7 Å². The molecule has 0 bridgehead atoms. The zero-order valence-electron chi connectivity index (χ0n) is 18.1. The van der Waals surface area contributed by atoms with Crippen LogP contribution in [0.25, 0.3) is 0 Å². The van der Waals surface area contributed by atoms with Crippen LogP contribution in [0, 0.1) is 5.92 Å². The Bertz CT molecular complexity index is 1130. The number of rotatable bonds is 3. The Morgan fingerprint density at radius 2 is 2.03 bits per heavy atom. The molecule has 33 heavy (non-hydrogen) atoms. The van der Waals surface area contributed by atoms with Crippen molar-refractivity contribution in [3.8, 4) is 5.88 Å². The third kappa shape index (κ3) is 3.71. The van der Waals surface area contributed by atoms with Crippen LogP contribution in [-0.2, 0) is 22.4 Å². The molecule has 11 nitrogen and oxygen atoms in total. The predicted octanol–water partition coefficient (Wildman–Crippen LogP) is 0.991. The number of aromatic nitrogens is 3. The van der Waals surface area contributed by atoms with Crippen molar-refractivity contribution in [1.82, 2.24) is 19.9 Å². The number of pyridine rings is 1. The molecule has 3 N–H and O–H groups in total. The van der Waals surface area contributed by atoms with Crippen molar-refractivity contribution < 1.29 is 19.1 Å². The van der Waals surface area contributed by atoms with Crippen molar-refractivity contribution in [3.05, 3.63) is 29.7 Å². The van der Waals surface area contributed by atoms with Gasteiger partial charge < -0.3 is 25.4 Å². The molecule has 3 aliphatic heterocycles. The summed E-state index contributed by atoms with van der Waals surface area (Å²) >= 11 is 0. The number of amides is 2. The number of likely N-dealkylation sites (tertiary alicyclic amines) is 1. The lowest BCUT2D eigenvalue weighted by atomic mass is 9.90. The molecule has 2 saturated heterocycles. The molecule has 0 saturated carbocycles. The Balaban J connectivity index is 1.08. The number of nitrogens with zero attached hydrogens (tertiary/aromatic N) is 5. The van der Waals surface area contributed by atoms with Crippen LogP contribution >= 0.6 is 0 Å². The van der Waals surface area contributed by atoms with Crippen molar-refractivity contribution >= 4 is 29.3 Å². The first-order valence-corrected chi connectivity index (χ1v) is 11.2. The summed E-state index contributed by atoms with van der Waals surface area (Å²) < 4.78 is 11.1. The van der Waals surface area contributed by atoms with E-state index >= 15 is 0 Å². The van der Waals surface area contributed by atoms with Gasteiger partial charge in [0.05, 0.1) is 24.6 Å². The standard InChI is InChI=1S/C22H25N7O4/c23-15-7-14-5-13(6-16(14)24-8-15)10-28-3-1-22(2-4-28)12-29(21(31)33-22)17-9-25-20-19(26-17)27-18(30)11-32-20/h7-9,13H,1-6,10-12,23H2,(H,26,27,30). The second-order valence-corrected chi connectivity index (χ2v) is 9.31. The number of hydrogen-bond donors (Lipinski definition) is 2. The van der Waals surface area contributed by atoms with E-state index in [2.05, 4.69) is 25.2 Å². The molecule has 2 aromatic heterocycles. The third-order valence-electron chi connectivity index (χ3n) is 6.93. The molecular formula is C22H25N7O4.